The van der Waals surface area contributed by atoms with Gasteiger partial charge in [0.2, 0.25) is 0 Å². The Morgan fingerprint density at radius 2 is 1.89 bits per heavy atom. The fraction of sp³-hybridized carbons (Fsp3) is 0.238. The van der Waals surface area contributed by atoms with E-state index in [-0.39, 0.29) is 33.6 Å². The highest BCUT2D eigenvalue weighted by molar-refractivity contribution is 6.32. The number of ether oxygens (including phenoxy) is 1. The van der Waals surface area contributed by atoms with E-state index in [1.165, 1.54) is 12.1 Å². The number of benzene rings is 2. The highest BCUT2D eigenvalue weighted by Crippen LogP contribution is 2.29. The number of nitrogens with zero attached hydrogens (tertiary/aromatic N) is 1. The van der Waals surface area contributed by atoms with Gasteiger partial charge in [-0.1, -0.05) is 41.9 Å². The van der Waals surface area contributed by atoms with Crippen LogP contribution < -0.4 is 5.43 Å². The van der Waals surface area contributed by atoms with Gasteiger partial charge in [-0.25, -0.2) is 4.79 Å². The second-order valence-electron chi connectivity index (χ2n) is 6.52. The van der Waals surface area contributed by atoms with Gasteiger partial charge in [-0.15, -0.1) is 0 Å². The number of fused-ring (bicyclic) bond motifs is 1. The van der Waals surface area contributed by atoms with Gasteiger partial charge in [0.25, 0.3) is 0 Å². The minimum absolute atomic E-state index is 0.144. The molecule has 0 spiro atoms. The molecule has 0 bridgehead atoms. The van der Waals surface area contributed by atoms with Gasteiger partial charge in [-0.05, 0) is 33.2 Å². The molecule has 0 saturated heterocycles. The zero-order chi connectivity index (χ0) is 19.6. The molecule has 2 aromatic carbocycles. The first kappa shape index (κ1) is 19.1. The summed E-state index contributed by atoms with van der Waals surface area (Å²) in [6, 6.07) is 12.3. The Morgan fingerprint density at radius 3 is 2.56 bits per heavy atom. The monoisotopic (exact) mass is 385 g/mol. The molecule has 0 aliphatic rings. The fourth-order valence-corrected chi connectivity index (χ4v) is 2.99. The van der Waals surface area contributed by atoms with Crippen molar-refractivity contribution in [3.63, 3.8) is 0 Å². The van der Waals surface area contributed by atoms with E-state index in [0.717, 1.165) is 5.56 Å². The number of hydrogen-bond acceptors (Lipinski definition) is 5. The molecule has 0 N–H and O–H groups in total. The van der Waals surface area contributed by atoms with Crippen molar-refractivity contribution in [3.8, 4) is 11.3 Å². The molecule has 0 saturated carbocycles. The van der Waals surface area contributed by atoms with E-state index in [0.29, 0.717) is 17.9 Å². The van der Waals surface area contributed by atoms with Crippen LogP contribution in [0, 0.1) is 6.92 Å². The lowest BCUT2D eigenvalue weighted by Gasteiger charge is -2.12. The predicted molar refractivity (Wildman–Crippen MR) is 107 cm³/mol. The molecule has 0 amide bonds. The molecule has 0 fully saturated rings. The van der Waals surface area contributed by atoms with E-state index in [1.54, 1.807) is 6.92 Å². The molecule has 0 radical (unpaired) electrons. The van der Waals surface area contributed by atoms with Crippen molar-refractivity contribution in [2.24, 2.45) is 0 Å². The fourth-order valence-electron chi connectivity index (χ4n) is 2.77. The Bertz CT molecular complexity index is 1040. The average Bonchev–Trinajstić information content (AvgIpc) is 2.64. The van der Waals surface area contributed by atoms with Crippen LogP contribution in [0.5, 0.6) is 0 Å². The molecule has 27 heavy (non-hydrogen) atoms. The lowest BCUT2D eigenvalue weighted by molar-refractivity contribution is 0.0483. The van der Waals surface area contributed by atoms with Crippen LogP contribution >= 0.6 is 11.6 Å². The number of esters is 1. The summed E-state index contributed by atoms with van der Waals surface area (Å²) in [7, 11) is 3.77. The minimum Gasteiger partial charge on any atom is -0.461 e. The summed E-state index contributed by atoms with van der Waals surface area (Å²) in [6.07, 6.45) is 0. The third-order valence-electron chi connectivity index (χ3n) is 4.21. The van der Waals surface area contributed by atoms with Crippen LogP contribution in [0.1, 0.15) is 15.9 Å². The van der Waals surface area contributed by atoms with E-state index in [4.69, 9.17) is 20.8 Å². The first-order valence-electron chi connectivity index (χ1n) is 8.52. The van der Waals surface area contributed by atoms with E-state index in [9.17, 15) is 9.59 Å². The van der Waals surface area contributed by atoms with Gasteiger partial charge in [-0.2, -0.15) is 0 Å². The molecule has 5 nitrogen and oxygen atoms in total. The minimum atomic E-state index is -0.574. The molecule has 1 aromatic heterocycles. The van der Waals surface area contributed by atoms with E-state index in [1.807, 2.05) is 49.3 Å². The topological polar surface area (TPSA) is 59.8 Å². The quantitative estimate of drug-likeness (QED) is 0.618. The Kier molecular flexibility index (Phi) is 5.63. The zero-order valence-corrected chi connectivity index (χ0v) is 16.2. The predicted octanol–water partition coefficient (Wildman–Crippen LogP) is 4.14. The number of carbonyl (C=O) groups excluding carboxylic acids is 1. The number of carbonyl (C=O) groups is 1. The smallest absolute Gasteiger partial charge is 0.342 e. The summed E-state index contributed by atoms with van der Waals surface area (Å²) in [4.78, 5) is 27.4. The molecule has 0 aliphatic carbocycles. The van der Waals surface area contributed by atoms with Crippen LogP contribution in [0.4, 0.5) is 0 Å². The van der Waals surface area contributed by atoms with Crippen LogP contribution in [-0.2, 0) is 4.74 Å². The van der Waals surface area contributed by atoms with Gasteiger partial charge in [-0.3, -0.25) is 4.79 Å². The maximum atomic E-state index is 12.9. The van der Waals surface area contributed by atoms with Crippen LogP contribution in [0.3, 0.4) is 0 Å². The lowest BCUT2D eigenvalue weighted by atomic mass is 10.0. The van der Waals surface area contributed by atoms with Gasteiger partial charge in [0.1, 0.15) is 17.9 Å². The van der Waals surface area contributed by atoms with Gasteiger partial charge >= 0.3 is 5.97 Å². The number of hydrogen-bond donors (Lipinski definition) is 0. The first-order chi connectivity index (χ1) is 12.9. The molecular formula is C21H20ClNO4. The SMILES string of the molecule is Cc1c(-c2ccccc2)oc2c(C(=O)OCCN(C)C)cc(Cl)cc2c1=O. The van der Waals surface area contributed by atoms with Crippen LogP contribution in [0.2, 0.25) is 5.02 Å². The molecule has 3 rings (SSSR count). The normalized spacial score (nSPS) is 11.1. The van der Waals surface area contributed by atoms with Gasteiger partial charge in [0, 0.05) is 22.7 Å². The van der Waals surface area contributed by atoms with E-state index >= 15 is 0 Å². The van der Waals surface area contributed by atoms with Crippen molar-refractivity contribution in [2.75, 3.05) is 27.2 Å². The van der Waals surface area contributed by atoms with Gasteiger partial charge < -0.3 is 14.1 Å². The Hall–Kier alpha value is -2.63. The van der Waals surface area contributed by atoms with Gasteiger partial charge in [0.15, 0.2) is 11.0 Å². The van der Waals surface area contributed by atoms with Crippen molar-refractivity contribution < 1.29 is 13.9 Å². The Morgan fingerprint density at radius 1 is 1.19 bits per heavy atom. The summed E-state index contributed by atoms with van der Waals surface area (Å²) in [5.41, 5.74) is 1.33. The van der Waals surface area contributed by atoms with Crippen molar-refractivity contribution >= 4 is 28.5 Å². The molecule has 0 unspecified atom stereocenters. The molecule has 6 heteroatoms. The molecular weight excluding hydrogens is 366 g/mol. The molecule has 140 valence electrons. The number of rotatable bonds is 5. The van der Waals surface area contributed by atoms with E-state index < -0.39 is 5.97 Å². The van der Waals surface area contributed by atoms with Crippen molar-refractivity contribution in [2.45, 2.75) is 6.92 Å². The summed E-state index contributed by atoms with van der Waals surface area (Å²) >= 11 is 6.14. The third kappa shape index (κ3) is 4.04. The second-order valence-corrected chi connectivity index (χ2v) is 6.96. The summed E-state index contributed by atoms with van der Waals surface area (Å²) in [5, 5.41) is 0.542. The van der Waals surface area contributed by atoms with Crippen molar-refractivity contribution in [1.29, 1.82) is 0 Å². The second kappa shape index (κ2) is 7.94. The zero-order valence-electron chi connectivity index (χ0n) is 15.4. The molecule has 3 aromatic rings. The highest BCUT2D eigenvalue weighted by atomic mass is 35.5. The highest BCUT2D eigenvalue weighted by Gasteiger charge is 2.20. The van der Waals surface area contributed by atoms with Crippen LogP contribution in [0.15, 0.2) is 51.7 Å². The average molecular weight is 386 g/mol. The standard InChI is InChI=1S/C21H20ClNO4/c1-13-18(24)16-11-15(22)12-17(21(25)26-10-9-23(2)3)20(16)27-19(13)14-7-5-4-6-8-14/h4-8,11-12H,9-10H2,1-3H3. The largest absolute Gasteiger partial charge is 0.461 e. The molecule has 0 aliphatic heterocycles. The lowest BCUT2D eigenvalue weighted by Crippen LogP contribution is -2.20. The van der Waals surface area contributed by atoms with Crippen LogP contribution in [-0.4, -0.2) is 38.1 Å². The first-order valence-corrected chi connectivity index (χ1v) is 8.90. The maximum Gasteiger partial charge on any atom is 0.342 e. The third-order valence-corrected chi connectivity index (χ3v) is 4.43. The number of halogens is 1. The maximum absolute atomic E-state index is 12.9. The van der Waals surface area contributed by atoms with Gasteiger partial charge in [0.05, 0.1) is 5.39 Å². The van der Waals surface area contributed by atoms with Crippen LogP contribution in [0.25, 0.3) is 22.3 Å². The van der Waals surface area contributed by atoms with E-state index in [2.05, 4.69) is 0 Å². The summed E-state index contributed by atoms with van der Waals surface area (Å²) in [5.74, 6) is -0.145. The Balaban J connectivity index is 2.15. The summed E-state index contributed by atoms with van der Waals surface area (Å²) in [6.45, 7) is 2.51. The number of likely N-dealkylation sites (N-methyl/N-ethyl adjacent to an activating group) is 1. The molecule has 0 atom stereocenters. The van der Waals surface area contributed by atoms with Crippen molar-refractivity contribution in [3.05, 3.63) is 68.8 Å². The summed E-state index contributed by atoms with van der Waals surface area (Å²) < 4.78 is 11.3. The molecule has 1 heterocycles. The van der Waals surface area contributed by atoms with Crippen molar-refractivity contribution in [1.82, 2.24) is 4.90 Å². The Labute approximate surface area is 162 Å².